The number of nitrogens with zero attached hydrogens (tertiary/aromatic N) is 2. The van der Waals surface area contributed by atoms with Gasteiger partial charge in [-0.05, 0) is 31.5 Å². The summed E-state index contributed by atoms with van der Waals surface area (Å²) >= 11 is 0. The molecule has 0 aliphatic carbocycles. The molecule has 116 valence electrons. The molecule has 1 amide bonds. The van der Waals surface area contributed by atoms with E-state index in [1.165, 1.54) is 5.56 Å². The number of benzene rings is 1. The summed E-state index contributed by atoms with van der Waals surface area (Å²) in [6.07, 6.45) is 1.81. The minimum absolute atomic E-state index is 0.144. The van der Waals surface area contributed by atoms with Gasteiger partial charge in [0.2, 0.25) is 5.91 Å². The van der Waals surface area contributed by atoms with Crippen molar-refractivity contribution in [3.05, 3.63) is 65.5 Å². The number of rotatable bonds is 4. The molecule has 5 heteroatoms. The molecule has 0 atom stereocenters. The zero-order chi connectivity index (χ0) is 16.2. The Balaban J connectivity index is 1.66. The van der Waals surface area contributed by atoms with Gasteiger partial charge in [-0.15, -0.1) is 0 Å². The number of aryl methyl sites for hydroxylation is 2. The Morgan fingerprint density at radius 2 is 1.87 bits per heavy atom. The fourth-order valence-corrected chi connectivity index (χ4v) is 2.21. The number of carbonyl (C=O) groups is 1. The Morgan fingerprint density at radius 3 is 2.61 bits per heavy atom. The van der Waals surface area contributed by atoms with E-state index in [-0.39, 0.29) is 12.3 Å². The summed E-state index contributed by atoms with van der Waals surface area (Å²) in [7, 11) is 0. The summed E-state index contributed by atoms with van der Waals surface area (Å²) in [6.45, 7) is 3.97. The van der Waals surface area contributed by atoms with Crippen LogP contribution in [0.25, 0.3) is 11.3 Å². The zero-order valence-electron chi connectivity index (χ0n) is 13.0. The molecule has 0 saturated carbocycles. The Bertz CT molecular complexity index is 822. The molecule has 0 saturated heterocycles. The molecule has 0 fully saturated rings. The predicted molar refractivity (Wildman–Crippen MR) is 88.0 cm³/mol. The Morgan fingerprint density at radius 1 is 1.09 bits per heavy atom. The number of carbonyl (C=O) groups excluding carboxylic acids is 1. The van der Waals surface area contributed by atoms with Crippen LogP contribution in [0.1, 0.15) is 16.8 Å². The highest BCUT2D eigenvalue weighted by Crippen LogP contribution is 2.21. The third kappa shape index (κ3) is 3.83. The first-order chi connectivity index (χ1) is 11.1. The quantitative estimate of drug-likeness (QED) is 0.800. The van der Waals surface area contributed by atoms with Gasteiger partial charge in [0.1, 0.15) is 5.82 Å². The molecule has 0 bridgehead atoms. The van der Waals surface area contributed by atoms with Crippen LogP contribution < -0.4 is 5.32 Å². The van der Waals surface area contributed by atoms with Crippen LogP contribution in [0.5, 0.6) is 0 Å². The van der Waals surface area contributed by atoms with Crippen molar-refractivity contribution in [3.8, 4) is 11.3 Å². The molecule has 0 spiro atoms. The van der Waals surface area contributed by atoms with Gasteiger partial charge in [0, 0.05) is 17.8 Å². The van der Waals surface area contributed by atoms with Gasteiger partial charge in [-0.25, -0.2) is 4.98 Å². The molecule has 0 aliphatic heterocycles. The van der Waals surface area contributed by atoms with Gasteiger partial charge in [0.25, 0.3) is 0 Å². The Hall–Kier alpha value is -2.95. The molecular weight excluding hydrogens is 290 g/mol. The number of anilines is 1. The fourth-order valence-electron chi connectivity index (χ4n) is 2.21. The Kier molecular flexibility index (Phi) is 4.19. The lowest BCUT2D eigenvalue weighted by Gasteiger charge is -2.03. The van der Waals surface area contributed by atoms with Crippen molar-refractivity contribution < 1.29 is 9.32 Å². The van der Waals surface area contributed by atoms with Crippen molar-refractivity contribution in [3.63, 3.8) is 0 Å². The van der Waals surface area contributed by atoms with Gasteiger partial charge in [0.05, 0.1) is 12.1 Å². The Labute approximate surface area is 134 Å². The maximum absolute atomic E-state index is 12.1. The number of hydrogen-bond acceptors (Lipinski definition) is 4. The van der Waals surface area contributed by atoms with E-state index in [2.05, 4.69) is 15.5 Å². The van der Waals surface area contributed by atoms with Gasteiger partial charge in [0.15, 0.2) is 5.76 Å². The van der Waals surface area contributed by atoms with Crippen LogP contribution in [0.2, 0.25) is 0 Å². The third-order valence-electron chi connectivity index (χ3n) is 3.42. The zero-order valence-corrected chi connectivity index (χ0v) is 13.0. The molecule has 1 aromatic carbocycles. The summed E-state index contributed by atoms with van der Waals surface area (Å²) in [5.41, 5.74) is 3.75. The highest BCUT2D eigenvalue weighted by molar-refractivity contribution is 5.91. The number of hydrogen-bond donors (Lipinski definition) is 1. The second-order valence-electron chi connectivity index (χ2n) is 5.49. The lowest BCUT2D eigenvalue weighted by atomic mass is 10.1. The van der Waals surface area contributed by atoms with Crippen molar-refractivity contribution in [1.82, 2.24) is 10.1 Å². The second kappa shape index (κ2) is 6.44. The molecule has 2 aromatic heterocycles. The van der Waals surface area contributed by atoms with E-state index in [9.17, 15) is 4.79 Å². The van der Waals surface area contributed by atoms with Crippen LogP contribution >= 0.6 is 0 Å². The number of aromatic nitrogens is 2. The third-order valence-corrected chi connectivity index (χ3v) is 3.42. The summed E-state index contributed by atoms with van der Waals surface area (Å²) < 4.78 is 5.32. The molecular formula is C18H17N3O2. The van der Waals surface area contributed by atoms with Gasteiger partial charge >= 0.3 is 0 Å². The van der Waals surface area contributed by atoms with Crippen LogP contribution in [0, 0.1) is 13.8 Å². The predicted octanol–water partition coefficient (Wildman–Crippen LogP) is 3.53. The first-order valence-corrected chi connectivity index (χ1v) is 7.35. The number of nitrogens with one attached hydrogen (secondary N) is 1. The molecule has 2 heterocycles. The van der Waals surface area contributed by atoms with Crippen LogP contribution in [-0.2, 0) is 11.2 Å². The maximum atomic E-state index is 12.1. The highest BCUT2D eigenvalue weighted by Gasteiger charge is 2.11. The lowest BCUT2D eigenvalue weighted by molar-refractivity contribution is -0.115. The van der Waals surface area contributed by atoms with Crippen LogP contribution in [0.15, 0.2) is 53.2 Å². The molecule has 0 aliphatic rings. The van der Waals surface area contributed by atoms with E-state index >= 15 is 0 Å². The van der Waals surface area contributed by atoms with Crippen molar-refractivity contribution in [2.45, 2.75) is 20.3 Å². The smallest absolute Gasteiger partial charge is 0.231 e. The normalized spacial score (nSPS) is 10.5. The number of amides is 1. The van der Waals surface area contributed by atoms with E-state index in [1.807, 2.05) is 50.2 Å². The number of pyridine rings is 1. The summed E-state index contributed by atoms with van der Waals surface area (Å²) in [5, 5.41) is 6.71. The molecule has 0 radical (unpaired) electrons. The monoisotopic (exact) mass is 307 g/mol. The van der Waals surface area contributed by atoms with E-state index in [0.717, 1.165) is 11.1 Å². The summed E-state index contributed by atoms with van der Waals surface area (Å²) in [4.78, 5) is 16.2. The van der Waals surface area contributed by atoms with E-state index in [1.54, 1.807) is 12.3 Å². The molecule has 3 rings (SSSR count). The molecule has 23 heavy (non-hydrogen) atoms. The minimum Gasteiger partial charge on any atom is -0.356 e. The summed E-state index contributed by atoms with van der Waals surface area (Å²) in [5.74, 6) is 1.02. The maximum Gasteiger partial charge on any atom is 0.231 e. The van der Waals surface area contributed by atoms with Crippen molar-refractivity contribution in [2.24, 2.45) is 0 Å². The molecule has 3 aromatic rings. The first kappa shape index (κ1) is 15.0. The van der Waals surface area contributed by atoms with Crippen molar-refractivity contribution >= 4 is 11.7 Å². The highest BCUT2D eigenvalue weighted by atomic mass is 16.5. The fraction of sp³-hybridized carbons (Fsp3) is 0.167. The summed E-state index contributed by atoms with van der Waals surface area (Å²) in [6, 6.07) is 13.4. The van der Waals surface area contributed by atoms with E-state index in [4.69, 9.17) is 4.52 Å². The largest absolute Gasteiger partial charge is 0.356 e. The first-order valence-electron chi connectivity index (χ1n) is 7.35. The SMILES string of the molecule is Cc1ccc(-c2cc(CC(=O)Nc3cc(C)ccn3)no2)cc1. The van der Waals surface area contributed by atoms with Crippen LogP contribution in [-0.4, -0.2) is 16.0 Å². The van der Waals surface area contributed by atoms with Crippen molar-refractivity contribution in [2.75, 3.05) is 5.32 Å². The average molecular weight is 307 g/mol. The molecule has 5 nitrogen and oxygen atoms in total. The topological polar surface area (TPSA) is 68.0 Å². The van der Waals surface area contributed by atoms with Crippen LogP contribution in [0.4, 0.5) is 5.82 Å². The molecule has 1 N–H and O–H groups in total. The van der Waals surface area contributed by atoms with E-state index < -0.39 is 0 Å². The van der Waals surface area contributed by atoms with Crippen LogP contribution in [0.3, 0.4) is 0 Å². The van der Waals surface area contributed by atoms with Gasteiger partial charge in [-0.3, -0.25) is 4.79 Å². The van der Waals surface area contributed by atoms with Gasteiger partial charge in [-0.2, -0.15) is 0 Å². The lowest BCUT2D eigenvalue weighted by Crippen LogP contribution is -2.15. The standard InChI is InChI=1S/C18H17N3O2/c1-12-3-5-14(6-4-12)16-10-15(21-23-16)11-18(22)20-17-9-13(2)7-8-19-17/h3-10H,11H2,1-2H3,(H,19,20,22). The van der Waals surface area contributed by atoms with Gasteiger partial charge in [-0.1, -0.05) is 35.0 Å². The van der Waals surface area contributed by atoms with Crippen molar-refractivity contribution in [1.29, 1.82) is 0 Å². The van der Waals surface area contributed by atoms with E-state index in [0.29, 0.717) is 17.3 Å². The second-order valence-corrected chi connectivity index (χ2v) is 5.49. The minimum atomic E-state index is -0.174. The average Bonchev–Trinajstić information content (AvgIpc) is 2.96. The van der Waals surface area contributed by atoms with Gasteiger partial charge < -0.3 is 9.84 Å². The molecule has 0 unspecified atom stereocenters.